The second-order valence-electron chi connectivity index (χ2n) is 5.40. The van der Waals surface area contributed by atoms with Gasteiger partial charge in [-0.25, -0.2) is 22.2 Å². The number of sulfonamides is 1. The minimum atomic E-state index is -4.42. The summed E-state index contributed by atoms with van der Waals surface area (Å²) in [7, 11) is -4.42. The standard InChI is InChI=1S/C16H11Cl2FN4O3S/c1-9-15(20-22-23(9)13-8-10(17)6-7-11(13)18)16(24)21-27(25,26)14-5-3-2-4-12(14)19/h2-8H,1H3,(H,21,24). The molecule has 1 amide bonds. The molecule has 0 bridgehead atoms. The van der Waals surface area contributed by atoms with Gasteiger partial charge in [0.2, 0.25) is 0 Å². The number of amides is 1. The minimum absolute atomic E-state index is 0.223. The van der Waals surface area contributed by atoms with Crippen LogP contribution in [0.1, 0.15) is 16.2 Å². The normalized spacial score (nSPS) is 11.4. The molecule has 1 N–H and O–H groups in total. The first-order valence-electron chi connectivity index (χ1n) is 7.40. The third-order valence-electron chi connectivity index (χ3n) is 3.60. The molecule has 1 heterocycles. The van der Waals surface area contributed by atoms with Crippen LogP contribution in [0.2, 0.25) is 10.0 Å². The quantitative estimate of drug-likeness (QED) is 0.688. The summed E-state index contributed by atoms with van der Waals surface area (Å²) in [6, 6.07) is 9.33. The van der Waals surface area contributed by atoms with Gasteiger partial charge in [0, 0.05) is 5.02 Å². The van der Waals surface area contributed by atoms with Gasteiger partial charge in [0.15, 0.2) is 5.69 Å². The molecule has 140 valence electrons. The average Bonchev–Trinajstić information content (AvgIpc) is 2.98. The van der Waals surface area contributed by atoms with Crippen LogP contribution < -0.4 is 4.72 Å². The van der Waals surface area contributed by atoms with Crippen molar-refractivity contribution in [1.82, 2.24) is 19.7 Å². The second kappa shape index (κ2) is 7.26. The van der Waals surface area contributed by atoms with Gasteiger partial charge in [-0.1, -0.05) is 40.5 Å². The number of benzene rings is 2. The van der Waals surface area contributed by atoms with E-state index in [1.165, 1.54) is 29.8 Å². The van der Waals surface area contributed by atoms with Gasteiger partial charge in [0.1, 0.15) is 10.7 Å². The van der Waals surface area contributed by atoms with Crippen LogP contribution in [0, 0.1) is 12.7 Å². The molecule has 3 rings (SSSR count). The maximum absolute atomic E-state index is 13.7. The van der Waals surface area contributed by atoms with Gasteiger partial charge in [-0.15, -0.1) is 5.10 Å². The van der Waals surface area contributed by atoms with Crippen LogP contribution in [0.3, 0.4) is 0 Å². The highest BCUT2D eigenvalue weighted by molar-refractivity contribution is 7.90. The van der Waals surface area contributed by atoms with Crippen LogP contribution in [-0.4, -0.2) is 29.3 Å². The van der Waals surface area contributed by atoms with Crippen molar-refractivity contribution in [3.63, 3.8) is 0 Å². The number of aromatic nitrogens is 3. The molecule has 0 saturated heterocycles. The number of carbonyl (C=O) groups is 1. The SMILES string of the molecule is Cc1c(C(=O)NS(=O)(=O)c2ccccc2F)nnn1-c1cc(Cl)ccc1Cl. The molecule has 0 atom stereocenters. The van der Waals surface area contributed by atoms with Crippen molar-refractivity contribution < 1.29 is 17.6 Å². The summed E-state index contributed by atoms with van der Waals surface area (Å²) in [6.07, 6.45) is 0. The Morgan fingerprint density at radius 3 is 2.59 bits per heavy atom. The first-order chi connectivity index (χ1) is 12.7. The monoisotopic (exact) mass is 428 g/mol. The fourth-order valence-electron chi connectivity index (χ4n) is 2.30. The first kappa shape index (κ1) is 19.3. The van der Waals surface area contributed by atoms with Crippen molar-refractivity contribution in [3.05, 3.63) is 69.7 Å². The highest BCUT2D eigenvalue weighted by Crippen LogP contribution is 2.25. The van der Waals surface area contributed by atoms with Crippen LogP contribution in [0.4, 0.5) is 4.39 Å². The Kier molecular flexibility index (Phi) is 5.18. The van der Waals surface area contributed by atoms with Gasteiger partial charge >= 0.3 is 0 Å². The molecule has 27 heavy (non-hydrogen) atoms. The summed E-state index contributed by atoms with van der Waals surface area (Å²) in [5.74, 6) is -2.04. The average molecular weight is 429 g/mol. The summed E-state index contributed by atoms with van der Waals surface area (Å²) in [5, 5.41) is 8.22. The van der Waals surface area contributed by atoms with Gasteiger partial charge in [0.05, 0.1) is 16.4 Å². The summed E-state index contributed by atoms with van der Waals surface area (Å²) < 4.78 is 41.3. The van der Waals surface area contributed by atoms with E-state index in [9.17, 15) is 17.6 Å². The Hall–Kier alpha value is -2.49. The van der Waals surface area contributed by atoms with E-state index in [0.717, 1.165) is 12.1 Å². The molecule has 0 aliphatic heterocycles. The fourth-order valence-corrected chi connectivity index (χ4v) is 3.70. The number of nitrogens with zero attached hydrogens (tertiary/aromatic N) is 3. The van der Waals surface area contributed by atoms with Crippen LogP contribution in [0.15, 0.2) is 47.4 Å². The van der Waals surface area contributed by atoms with Gasteiger partial charge in [0.25, 0.3) is 15.9 Å². The van der Waals surface area contributed by atoms with Crippen molar-refractivity contribution in [3.8, 4) is 5.69 Å². The number of rotatable bonds is 4. The van der Waals surface area contributed by atoms with Crippen molar-refractivity contribution >= 4 is 39.1 Å². The molecule has 7 nitrogen and oxygen atoms in total. The zero-order valence-corrected chi connectivity index (χ0v) is 16.0. The molecule has 0 spiro atoms. The smallest absolute Gasteiger partial charge is 0.266 e. The Labute approximate surface area is 163 Å². The van der Waals surface area contributed by atoms with E-state index in [2.05, 4.69) is 10.3 Å². The van der Waals surface area contributed by atoms with Gasteiger partial charge in [-0.05, 0) is 37.3 Å². The van der Waals surface area contributed by atoms with Crippen molar-refractivity contribution in [2.75, 3.05) is 0 Å². The summed E-state index contributed by atoms with van der Waals surface area (Å²) >= 11 is 12.1. The lowest BCUT2D eigenvalue weighted by molar-refractivity contribution is 0.0976. The van der Waals surface area contributed by atoms with Crippen LogP contribution in [0.25, 0.3) is 5.69 Å². The van der Waals surface area contributed by atoms with Gasteiger partial charge in [-0.3, -0.25) is 4.79 Å². The number of halogens is 3. The topological polar surface area (TPSA) is 93.9 Å². The highest BCUT2D eigenvalue weighted by atomic mass is 35.5. The number of carbonyl (C=O) groups excluding carboxylic acids is 1. The molecule has 0 unspecified atom stereocenters. The maximum atomic E-state index is 13.7. The number of hydrogen-bond donors (Lipinski definition) is 1. The third-order valence-corrected chi connectivity index (χ3v) is 5.52. The van der Waals surface area contributed by atoms with Crippen molar-refractivity contribution in [1.29, 1.82) is 0 Å². The van der Waals surface area contributed by atoms with E-state index >= 15 is 0 Å². The van der Waals surface area contributed by atoms with Crippen LogP contribution >= 0.6 is 23.2 Å². The maximum Gasteiger partial charge on any atom is 0.287 e. The summed E-state index contributed by atoms with van der Waals surface area (Å²) in [5.41, 5.74) is 0.330. The molecule has 2 aromatic carbocycles. The lowest BCUT2D eigenvalue weighted by Crippen LogP contribution is -2.32. The van der Waals surface area contributed by atoms with Crippen LogP contribution in [-0.2, 0) is 10.0 Å². The molecule has 1 aromatic heterocycles. The van der Waals surface area contributed by atoms with E-state index in [0.29, 0.717) is 15.7 Å². The predicted molar refractivity (Wildman–Crippen MR) is 97.2 cm³/mol. The van der Waals surface area contributed by atoms with E-state index in [4.69, 9.17) is 23.2 Å². The molecule has 0 saturated carbocycles. The molecule has 0 aliphatic rings. The fraction of sp³-hybridized carbons (Fsp3) is 0.0625. The van der Waals surface area contributed by atoms with E-state index in [1.807, 2.05) is 0 Å². The first-order valence-corrected chi connectivity index (χ1v) is 9.64. The van der Waals surface area contributed by atoms with Gasteiger partial charge in [-0.2, -0.15) is 0 Å². The Balaban J connectivity index is 1.94. The van der Waals surface area contributed by atoms with Gasteiger partial charge < -0.3 is 0 Å². The van der Waals surface area contributed by atoms with Crippen LogP contribution in [0.5, 0.6) is 0 Å². The minimum Gasteiger partial charge on any atom is -0.266 e. The third kappa shape index (κ3) is 3.80. The Morgan fingerprint density at radius 2 is 1.89 bits per heavy atom. The lowest BCUT2D eigenvalue weighted by Gasteiger charge is -2.08. The zero-order valence-electron chi connectivity index (χ0n) is 13.6. The second-order valence-corrected chi connectivity index (χ2v) is 7.89. The molecule has 11 heteroatoms. The van der Waals surface area contributed by atoms with Crippen molar-refractivity contribution in [2.45, 2.75) is 11.8 Å². The zero-order chi connectivity index (χ0) is 19.8. The van der Waals surface area contributed by atoms with E-state index in [1.54, 1.807) is 16.9 Å². The van der Waals surface area contributed by atoms with Crippen molar-refractivity contribution in [2.24, 2.45) is 0 Å². The Morgan fingerprint density at radius 1 is 1.19 bits per heavy atom. The molecular formula is C16H11Cl2FN4O3S. The largest absolute Gasteiger partial charge is 0.287 e. The molecule has 3 aromatic rings. The highest BCUT2D eigenvalue weighted by Gasteiger charge is 2.26. The summed E-state index contributed by atoms with van der Waals surface area (Å²) in [6.45, 7) is 1.50. The number of hydrogen-bond acceptors (Lipinski definition) is 5. The Bertz CT molecular complexity index is 1150. The van der Waals surface area contributed by atoms with E-state index < -0.39 is 26.6 Å². The summed E-state index contributed by atoms with van der Waals surface area (Å²) in [4.78, 5) is 11.7. The molecule has 0 fully saturated rings. The molecule has 0 radical (unpaired) electrons. The van der Waals surface area contributed by atoms with E-state index in [-0.39, 0.29) is 11.4 Å². The molecular weight excluding hydrogens is 418 g/mol. The molecule has 0 aliphatic carbocycles. The number of nitrogens with one attached hydrogen (secondary N) is 1. The predicted octanol–water partition coefficient (Wildman–Crippen LogP) is 3.14. The lowest BCUT2D eigenvalue weighted by atomic mass is 10.3.